The molecule has 22 heavy (non-hydrogen) atoms. The summed E-state index contributed by atoms with van der Waals surface area (Å²) in [6.07, 6.45) is 0. The molecular weight excluding hydrogens is 292 g/mol. The molecule has 0 heterocycles. The number of carbonyl (C=O) groups is 3. The van der Waals surface area contributed by atoms with E-state index in [1.807, 2.05) is 0 Å². The molecule has 0 saturated carbocycles. The van der Waals surface area contributed by atoms with E-state index in [1.54, 1.807) is 13.0 Å². The molecule has 0 aromatic heterocycles. The number of esters is 1. The van der Waals surface area contributed by atoms with Gasteiger partial charge in [-0.1, -0.05) is 0 Å². The first kappa shape index (κ1) is 17.3. The Morgan fingerprint density at radius 1 is 1.14 bits per heavy atom. The quantitative estimate of drug-likeness (QED) is 0.583. The van der Waals surface area contributed by atoms with Crippen molar-refractivity contribution in [3.8, 4) is 11.5 Å². The predicted octanol–water partition coefficient (Wildman–Crippen LogP) is 0.418. The zero-order chi connectivity index (χ0) is 16.5. The molecule has 120 valence electrons. The highest BCUT2D eigenvalue weighted by Gasteiger charge is 2.14. The van der Waals surface area contributed by atoms with Crippen LogP contribution in [0.15, 0.2) is 18.2 Å². The highest BCUT2D eigenvalue weighted by Crippen LogP contribution is 2.28. The van der Waals surface area contributed by atoms with Crippen LogP contribution in [0.2, 0.25) is 0 Å². The van der Waals surface area contributed by atoms with Gasteiger partial charge in [-0.15, -0.1) is 0 Å². The van der Waals surface area contributed by atoms with Crippen LogP contribution in [-0.2, 0) is 14.3 Å². The second-order valence-corrected chi connectivity index (χ2v) is 4.10. The van der Waals surface area contributed by atoms with Gasteiger partial charge in [0.15, 0.2) is 18.1 Å². The average molecular weight is 310 g/mol. The number of hydrazine groups is 1. The Hall–Kier alpha value is -2.77. The van der Waals surface area contributed by atoms with Crippen molar-refractivity contribution in [2.24, 2.45) is 0 Å². The van der Waals surface area contributed by atoms with Gasteiger partial charge in [0.2, 0.25) is 5.91 Å². The number of rotatable bonds is 6. The Labute approximate surface area is 127 Å². The van der Waals surface area contributed by atoms with Gasteiger partial charge in [0, 0.05) is 6.92 Å². The minimum atomic E-state index is -0.693. The lowest BCUT2D eigenvalue weighted by atomic mass is 10.2. The summed E-state index contributed by atoms with van der Waals surface area (Å²) in [5, 5.41) is 0. The molecule has 1 aromatic rings. The van der Waals surface area contributed by atoms with E-state index < -0.39 is 24.4 Å². The van der Waals surface area contributed by atoms with Crippen molar-refractivity contribution >= 4 is 17.8 Å². The van der Waals surface area contributed by atoms with Crippen LogP contribution in [-0.4, -0.2) is 38.1 Å². The second kappa shape index (κ2) is 8.50. The van der Waals surface area contributed by atoms with Crippen LogP contribution in [0.1, 0.15) is 24.2 Å². The zero-order valence-electron chi connectivity index (χ0n) is 12.6. The first-order chi connectivity index (χ1) is 10.5. The maximum absolute atomic E-state index is 11.9. The van der Waals surface area contributed by atoms with Crippen molar-refractivity contribution < 1.29 is 28.6 Å². The van der Waals surface area contributed by atoms with Crippen LogP contribution in [0.25, 0.3) is 0 Å². The molecule has 0 aliphatic rings. The molecule has 0 spiro atoms. The van der Waals surface area contributed by atoms with E-state index in [4.69, 9.17) is 14.2 Å². The number of methoxy groups -OCH3 is 1. The van der Waals surface area contributed by atoms with Crippen molar-refractivity contribution in [1.82, 2.24) is 10.9 Å². The minimum Gasteiger partial charge on any atom is -0.493 e. The van der Waals surface area contributed by atoms with Gasteiger partial charge in [0.1, 0.15) is 0 Å². The number of hydrogen-bond acceptors (Lipinski definition) is 6. The summed E-state index contributed by atoms with van der Waals surface area (Å²) in [5.41, 5.74) is 4.38. The summed E-state index contributed by atoms with van der Waals surface area (Å²) in [4.78, 5) is 33.8. The summed E-state index contributed by atoms with van der Waals surface area (Å²) in [6.45, 7) is 2.93. The van der Waals surface area contributed by atoms with Crippen molar-refractivity contribution in [3.05, 3.63) is 23.8 Å². The van der Waals surface area contributed by atoms with Crippen LogP contribution in [0.4, 0.5) is 0 Å². The van der Waals surface area contributed by atoms with Crippen LogP contribution in [0, 0.1) is 0 Å². The molecule has 0 aliphatic carbocycles. The van der Waals surface area contributed by atoms with Gasteiger partial charge in [0.05, 0.1) is 19.3 Å². The van der Waals surface area contributed by atoms with Gasteiger partial charge in [-0.25, -0.2) is 4.79 Å². The Morgan fingerprint density at radius 3 is 2.45 bits per heavy atom. The molecule has 1 rings (SSSR count). The standard InChI is InChI=1S/C14H18N2O6/c1-4-21-12-7-10(5-6-11(12)20-3)14(19)22-8-13(18)16-15-9(2)17/h5-7H,4,8H2,1-3H3,(H,15,17)(H,16,18). The first-order valence-corrected chi connectivity index (χ1v) is 6.51. The normalized spacial score (nSPS) is 9.59. The van der Waals surface area contributed by atoms with Crippen molar-refractivity contribution in [3.63, 3.8) is 0 Å². The van der Waals surface area contributed by atoms with E-state index in [2.05, 4.69) is 10.9 Å². The Kier molecular flexibility index (Phi) is 6.68. The largest absolute Gasteiger partial charge is 0.493 e. The number of carbonyl (C=O) groups excluding carboxylic acids is 3. The fourth-order valence-electron chi connectivity index (χ4n) is 1.48. The molecule has 2 N–H and O–H groups in total. The smallest absolute Gasteiger partial charge is 0.338 e. The van der Waals surface area contributed by atoms with Crippen LogP contribution in [0.5, 0.6) is 11.5 Å². The molecule has 1 aromatic carbocycles. The number of ether oxygens (including phenoxy) is 3. The lowest BCUT2D eigenvalue weighted by Gasteiger charge is -2.11. The summed E-state index contributed by atoms with van der Waals surface area (Å²) >= 11 is 0. The average Bonchev–Trinajstić information content (AvgIpc) is 2.50. The molecule has 0 unspecified atom stereocenters. The van der Waals surface area contributed by atoms with E-state index in [0.717, 1.165) is 0 Å². The van der Waals surface area contributed by atoms with E-state index in [1.165, 1.54) is 26.2 Å². The van der Waals surface area contributed by atoms with Gasteiger partial charge >= 0.3 is 5.97 Å². The number of amides is 2. The van der Waals surface area contributed by atoms with Gasteiger partial charge in [-0.05, 0) is 25.1 Å². The van der Waals surface area contributed by atoms with E-state index in [0.29, 0.717) is 18.1 Å². The lowest BCUT2D eigenvalue weighted by molar-refractivity contribution is -0.129. The third-order valence-corrected chi connectivity index (χ3v) is 2.41. The maximum atomic E-state index is 11.9. The van der Waals surface area contributed by atoms with E-state index in [-0.39, 0.29) is 5.56 Å². The third-order valence-electron chi connectivity index (χ3n) is 2.41. The topological polar surface area (TPSA) is 103 Å². The molecule has 0 bridgehead atoms. The summed E-state index contributed by atoms with van der Waals surface area (Å²) in [5.74, 6) is -0.885. The zero-order valence-corrected chi connectivity index (χ0v) is 12.6. The fraction of sp³-hybridized carbons (Fsp3) is 0.357. The molecule has 0 saturated heterocycles. The summed E-state index contributed by atoms with van der Waals surface area (Å²) in [6, 6.07) is 4.53. The molecule has 0 radical (unpaired) electrons. The molecule has 0 fully saturated rings. The maximum Gasteiger partial charge on any atom is 0.338 e. The van der Waals surface area contributed by atoms with Gasteiger partial charge in [-0.3, -0.25) is 20.4 Å². The Balaban J connectivity index is 2.63. The lowest BCUT2D eigenvalue weighted by Crippen LogP contribution is -2.42. The molecular formula is C14H18N2O6. The highest BCUT2D eigenvalue weighted by atomic mass is 16.5. The Morgan fingerprint density at radius 2 is 1.86 bits per heavy atom. The van der Waals surface area contributed by atoms with Crippen LogP contribution in [0.3, 0.4) is 0 Å². The second-order valence-electron chi connectivity index (χ2n) is 4.10. The number of nitrogens with one attached hydrogen (secondary N) is 2. The number of benzene rings is 1. The van der Waals surface area contributed by atoms with Crippen LogP contribution < -0.4 is 20.3 Å². The van der Waals surface area contributed by atoms with Gasteiger partial charge in [0.25, 0.3) is 5.91 Å². The SMILES string of the molecule is CCOc1cc(C(=O)OCC(=O)NNC(C)=O)ccc1OC. The monoisotopic (exact) mass is 310 g/mol. The summed E-state index contributed by atoms with van der Waals surface area (Å²) in [7, 11) is 1.49. The van der Waals surface area contributed by atoms with E-state index in [9.17, 15) is 14.4 Å². The molecule has 0 atom stereocenters. The fourth-order valence-corrected chi connectivity index (χ4v) is 1.48. The molecule has 0 aliphatic heterocycles. The molecule has 8 nitrogen and oxygen atoms in total. The van der Waals surface area contributed by atoms with Crippen LogP contribution >= 0.6 is 0 Å². The minimum absolute atomic E-state index is 0.219. The third kappa shape index (κ3) is 5.31. The van der Waals surface area contributed by atoms with E-state index >= 15 is 0 Å². The van der Waals surface area contributed by atoms with Gasteiger partial charge < -0.3 is 14.2 Å². The van der Waals surface area contributed by atoms with Crippen molar-refractivity contribution in [1.29, 1.82) is 0 Å². The predicted molar refractivity (Wildman–Crippen MR) is 76.4 cm³/mol. The molecule has 2 amide bonds. The van der Waals surface area contributed by atoms with Gasteiger partial charge in [-0.2, -0.15) is 0 Å². The Bertz CT molecular complexity index is 558. The first-order valence-electron chi connectivity index (χ1n) is 6.51. The molecule has 8 heteroatoms. The summed E-state index contributed by atoms with van der Waals surface area (Å²) < 4.78 is 15.3. The highest BCUT2D eigenvalue weighted by molar-refractivity contribution is 5.92. The van der Waals surface area contributed by atoms with Crippen molar-refractivity contribution in [2.45, 2.75) is 13.8 Å². The number of hydrogen-bond donors (Lipinski definition) is 2. The van der Waals surface area contributed by atoms with Crippen molar-refractivity contribution in [2.75, 3.05) is 20.3 Å².